The predicted molar refractivity (Wildman–Crippen MR) is 65.4 cm³/mol. The average Bonchev–Trinajstić information content (AvgIpc) is 2.27. The Labute approximate surface area is 105 Å². The summed E-state index contributed by atoms with van der Waals surface area (Å²) in [5.74, 6) is -1.18. The smallest absolute Gasteiger partial charge is 0.335 e. The summed E-state index contributed by atoms with van der Waals surface area (Å²) in [6.07, 6.45) is 0.440. The SMILES string of the molecule is CCC(C)S(=O)(=O)c1cc(C(=O)O)ccc1Cl. The van der Waals surface area contributed by atoms with Crippen molar-refractivity contribution in [3.8, 4) is 0 Å². The van der Waals surface area contributed by atoms with E-state index >= 15 is 0 Å². The zero-order valence-corrected chi connectivity index (χ0v) is 11.0. The van der Waals surface area contributed by atoms with Crippen LogP contribution in [0.1, 0.15) is 30.6 Å². The normalized spacial score (nSPS) is 13.4. The molecule has 0 aliphatic heterocycles. The van der Waals surface area contributed by atoms with Gasteiger partial charge < -0.3 is 5.11 Å². The number of halogens is 1. The van der Waals surface area contributed by atoms with Gasteiger partial charge in [-0.25, -0.2) is 13.2 Å². The van der Waals surface area contributed by atoms with E-state index in [0.29, 0.717) is 6.42 Å². The summed E-state index contributed by atoms with van der Waals surface area (Å²) in [5, 5.41) is 8.28. The maximum absolute atomic E-state index is 12.1. The van der Waals surface area contributed by atoms with Gasteiger partial charge in [0.25, 0.3) is 0 Å². The van der Waals surface area contributed by atoms with Crippen LogP contribution in [0.3, 0.4) is 0 Å². The highest BCUT2D eigenvalue weighted by Gasteiger charge is 2.25. The molecular weight excluding hydrogens is 264 g/mol. The molecule has 0 spiro atoms. The molecule has 94 valence electrons. The number of carbonyl (C=O) groups is 1. The van der Waals surface area contributed by atoms with Crippen LogP contribution < -0.4 is 0 Å². The summed E-state index contributed by atoms with van der Waals surface area (Å²) in [6, 6.07) is 3.67. The zero-order chi connectivity index (χ0) is 13.2. The lowest BCUT2D eigenvalue weighted by Gasteiger charge is -2.12. The van der Waals surface area contributed by atoms with Crippen molar-refractivity contribution in [3.63, 3.8) is 0 Å². The maximum atomic E-state index is 12.1. The number of aromatic carboxylic acids is 1. The second-order valence-corrected chi connectivity index (χ2v) is 6.46. The molecule has 0 bridgehead atoms. The van der Waals surface area contributed by atoms with Crippen LogP contribution in [0.4, 0.5) is 0 Å². The van der Waals surface area contributed by atoms with Crippen molar-refractivity contribution >= 4 is 27.4 Å². The van der Waals surface area contributed by atoms with Crippen molar-refractivity contribution in [3.05, 3.63) is 28.8 Å². The Balaban J connectivity index is 3.40. The molecular formula is C11H13ClO4S. The fraction of sp³-hybridized carbons (Fsp3) is 0.364. The van der Waals surface area contributed by atoms with Gasteiger partial charge in [0.1, 0.15) is 0 Å². The molecule has 0 aromatic heterocycles. The molecule has 17 heavy (non-hydrogen) atoms. The van der Waals surface area contributed by atoms with Gasteiger partial charge in [0.05, 0.1) is 20.7 Å². The van der Waals surface area contributed by atoms with E-state index in [2.05, 4.69) is 0 Å². The first kappa shape index (κ1) is 14.0. The first-order valence-corrected chi connectivity index (χ1v) is 6.99. The number of benzene rings is 1. The molecule has 0 radical (unpaired) electrons. The highest BCUT2D eigenvalue weighted by molar-refractivity contribution is 7.92. The van der Waals surface area contributed by atoms with Gasteiger partial charge in [-0.1, -0.05) is 18.5 Å². The molecule has 0 saturated heterocycles. The number of hydrogen-bond donors (Lipinski definition) is 1. The largest absolute Gasteiger partial charge is 0.478 e. The lowest BCUT2D eigenvalue weighted by Crippen LogP contribution is -2.17. The van der Waals surface area contributed by atoms with E-state index in [1.54, 1.807) is 13.8 Å². The van der Waals surface area contributed by atoms with Crippen molar-refractivity contribution < 1.29 is 18.3 Å². The minimum Gasteiger partial charge on any atom is -0.478 e. The molecule has 0 amide bonds. The van der Waals surface area contributed by atoms with Crippen LogP contribution in [-0.4, -0.2) is 24.7 Å². The number of hydrogen-bond acceptors (Lipinski definition) is 3. The lowest BCUT2D eigenvalue weighted by atomic mass is 10.2. The first-order chi connectivity index (χ1) is 7.80. The molecule has 0 fully saturated rings. The van der Waals surface area contributed by atoms with Crippen LogP contribution in [0.5, 0.6) is 0 Å². The molecule has 1 rings (SSSR count). The Hall–Kier alpha value is -1.07. The quantitative estimate of drug-likeness (QED) is 0.917. The molecule has 1 aromatic rings. The van der Waals surface area contributed by atoms with E-state index in [0.717, 1.165) is 6.07 Å². The number of carboxylic acid groups (broad SMARTS) is 1. The third-order valence-corrected chi connectivity index (χ3v) is 5.37. The number of rotatable bonds is 4. The van der Waals surface area contributed by atoms with Crippen LogP contribution in [0.2, 0.25) is 5.02 Å². The zero-order valence-electron chi connectivity index (χ0n) is 9.47. The third kappa shape index (κ3) is 2.79. The van der Waals surface area contributed by atoms with Gasteiger partial charge in [-0.15, -0.1) is 0 Å². The van der Waals surface area contributed by atoms with E-state index in [4.69, 9.17) is 16.7 Å². The van der Waals surface area contributed by atoms with E-state index in [1.165, 1.54) is 12.1 Å². The highest BCUT2D eigenvalue weighted by atomic mass is 35.5. The summed E-state index contributed by atoms with van der Waals surface area (Å²) in [5.41, 5.74) is -0.0868. The molecule has 1 unspecified atom stereocenters. The minimum absolute atomic E-state index is 0.0512. The van der Waals surface area contributed by atoms with Gasteiger partial charge in [0.15, 0.2) is 9.84 Å². The summed E-state index contributed by atoms with van der Waals surface area (Å²) in [4.78, 5) is 10.7. The van der Waals surface area contributed by atoms with Crippen LogP contribution in [-0.2, 0) is 9.84 Å². The Morgan fingerprint density at radius 3 is 2.53 bits per heavy atom. The monoisotopic (exact) mass is 276 g/mol. The van der Waals surface area contributed by atoms with Gasteiger partial charge in [0, 0.05) is 0 Å². The Morgan fingerprint density at radius 2 is 2.06 bits per heavy atom. The first-order valence-electron chi connectivity index (χ1n) is 5.07. The molecule has 1 N–H and O–H groups in total. The van der Waals surface area contributed by atoms with Gasteiger partial charge in [-0.2, -0.15) is 0 Å². The molecule has 0 aliphatic carbocycles. The third-order valence-electron chi connectivity index (χ3n) is 2.59. The summed E-state index contributed by atoms with van der Waals surface area (Å²) in [6.45, 7) is 3.32. The van der Waals surface area contributed by atoms with Crippen molar-refractivity contribution in [1.82, 2.24) is 0 Å². The predicted octanol–water partition coefficient (Wildman–Crippen LogP) is 2.61. The van der Waals surface area contributed by atoms with Crippen molar-refractivity contribution in [2.75, 3.05) is 0 Å². The Morgan fingerprint density at radius 1 is 1.47 bits per heavy atom. The van der Waals surface area contributed by atoms with Crippen LogP contribution in [0.15, 0.2) is 23.1 Å². The summed E-state index contributed by atoms with van der Waals surface area (Å²) in [7, 11) is -3.57. The standard InChI is InChI=1S/C11H13ClO4S/c1-3-7(2)17(15,16)10-6-8(11(13)14)4-5-9(10)12/h4-7H,3H2,1-2H3,(H,13,14). The van der Waals surface area contributed by atoms with Crippen LogP contribution in [0.25, 0.3) is 0 Å². The van der Waals surface area contributed by atoms with Gasteiger partial charge in [0.2, 0.25) is 0 Å². The Kier molecular flexibility index (Phi) is 4.16. The van der Waals surface area contributed by atoms with Crippen LogP contribution in [0, 0.1) is 0 Å². The number of carboxylic acids is 1. The van der Waals surface area contributed by atoms with E-state index in [9.17, 15) is 13.2 Å². The highest BCUT2D eigenvalue weighted by Crippen LogP contribution is 2.27. The van der Waals surface area contributed by atoms with Crippen LogP contribution >= 0.6 is 11.6 Å². The van der Waals surface area contributed by atoms with Crippen molar-refractivity contribution in [1.29, 1.82) is 0 Å². The fourth-order valence-electron chi connectivity index (χ4n) is 1.29. The number of sulfone groups is 1. The maximum Gasteiger partial charge on any atom is 0.335 e. The van der Waals surface area contributed by atoms with E-state index in [1.807, 2.05) is 0 Å². The molecule has 1 aromatic carbocycles. The average molecular weight is 277 g/mol. The molecule has 1 atom stereocenters. The second kappa shape index (κ2) is 5.06. The molecule has 0 aliphatic rings. The lowest BCUT2D eigenvalue weighted by molar-refractivity contribution is 0.0696. The summed E-state index contributed by atoms with van der Waals surface area (Å²) >= 11 is 5.81. The van der Waals surface area contributed by atoms with E-state index in [-0.39, 0.29) is 15.5 Å². The fourth-order valence-corrected chi connectivity index (χ4v) is 3.23. The minimum atomic E-state index is -3.57. The molecule has 0 saturated carbocycles. The van der Waals surface area contributed by atoms with Crippen molar-refractivity contribution in [2.45, 2.75) is 30.4 Å². The van der Waals surface area contributed by atoms with Gasteiger partial charge in [-0.3, -0.25) is 0 Å². The molecule has 6 heteroatoms. The Bertz CT molecular complexity index is 536. The molecule has 4 nitrogen and oxygen atoms in total. The van der Waals surface area contributed by atoms with Gasteiger partial charge >= 0.3 is 5.97 Å². The summed E-state index contributed by atoms with van der Waals surface area (Å²) < 4.78 is 24.2. The second-order valence-electron chi connectivity index (χ2n) is 3.71. The van der Waals surface area contributed by atoms with E-state index < -0.39 is 21.1 Å². The van der Waals surface area contributed by atoms with Gasteiger partial charge in [-0.05, 0) is 31.5 Å². The topological polar surface area (TPSA) is 71.4 Å². The van der Waals surface area contributed by atoms with Crippen molar-refractivity contribution in [2.24, 2.45) is 0 Å². The molecule has 0 heterocycles.